The molecule has 0 spiro atoms. The Hall–Kier alpha value is -0.640. The van der Waals surface area contributed by atoms with Gasteiger partial charge < -0.3 is 9.84 Å². The third kappa shape index (κ3) is 2.37. The van der Waals surface area contributed by atoms with E-state index in [-0.39, 0.29) is 17.0 Å². The molecule has 1 N–H and O–H groups in total. The molecule has 0 saturated carbocycles. The van der Waals surface area contributed by atoms with Crippen molar-refractivity contribution >= 4 is 11.6 Å². The van der Waals surface area contributed by atoms with E-state index in [4.69, 9.17) is 16.3 Å². The zero-order valence-electron chi connectivity index (χ0n) is 8.88. The Morgan fingerprint density at radius 1 is 1.50 bits per heavy atom. The highest BCUT2D eigenvalue weighted by Crippen LogP contribution is 2.32. The average molecular weight is 245 g/mol. The van der Waals surface area contributed by atoms with E-state index in [1.807, 2.05) is 0 Å². The normalized spacial score (nSPS) is 24.9. The van der Waals surface area contributed by atoms with Gasteiger partial charge >= 0.3 is 0 Å². The van der Waals surface area contributed by atoms with E-state index < -0.39 is 5.82 Å². The molecule has 2 rings (SSSR count). The molecule has 1 aromatic rings. The molecule has 1 saturated heterocycles. The SMILES string of the molecule is OCC1(Cc2ccc(Cl)c(F)c2)CCOC1. The summed E-state index contributed by atoms with van der Waals surface area (Å²) in [5, 5.41) is 9.53. The lowest BCUT2D eigenvalue weighted by Crippen LogP contribution is -2.28. The van der Waals surface area contributed by atoms with Gasteiger partial charge in [0.25, 0.3) is 0 Å². The Labute approximate surface area is 99.0 Å². The van der Waals surface area contributed by atoms with Crippen LogP contribution in [-0.2, 0) is 11.2 Å². The first-order valence-electron chi connectivity index (χ1n) is 5.28. The minimum Gasteiger partial charge on any atom is -0.396 e. The van der Waals surface area contributed by atoms with E-state index >= 15 is 0 Å². The van der Waals surface area contributed by atoms with Crippen LogP contribution in [0, 0.1) is 11.2 Å². The van der Waals surface area contributed by atoms with Crippen molar-refractivity contribution in [2.75, 3.05) is 19.8 Å². The number of hydrogen-bond acceptors (Lipinski definition) is 2. The van der Waals surface area contributed by atoms with Crippen LogP contribution in [0.4, 0.5) is 4.39 Å². The van der Waals surface area contributed by atoms with E-state index in [0.29, 0.717) is 19.6 Å². The number of benzene rings is 1. The summed E-state index contributed by atoms with van der Waals surface area (Å²) in [5.41, 5.74) is 0.599. The van der Waals surface area contributed by atoms with Crippen molar-refractivity contribution in [3.63, 3.8) is 0 Å². The van der Waals surface area contributed by atoms with Crippen molar-refractivity contribution in [2.45, 2.75) is 12.8 Å². The summed E-state index contributed by atoms with van der Waals surface area (Å²) in [4.78, 5) is 0. The van der Waals surface area contributed by atoms with Gasteiger partial charge in [-0.3, -0.25) is 0 Å². The van der Waals surface area contributed by atoms with Crippen molar-refractivity contribution in [1.82, 2.24) is 0 Å². The van der Waals surface area contributed by atoms with Gasteiger partial charge in [0.05, 0.1) is 18.2 Å². The van der Waals surface area contributed by atoms with Crippen LogP contribution in [0.1, 0.15) is 12.0 Å². The maximum Gasteiger partial charge on any atom is 0.142 e. The minimum absolute atomic E-state index is 0.0667. The molecule has 4 heteroatoms. The maximum atomic E-state index is 13.3. The summed E-state index contributed by atoms with van der Waals surface area (Å²) in [5.74, 6) is -0.411. The molecule has 1 aliphatic rings. The number of ether oxygens (including phenoxy) is 1. The topological polar surface area (TPSA) is 29.5 Å². The minimum atomic E-state index is -0.411. The summed E-state index contributed by atoms with van der Waals surface area (Å²) in [6.07, 6.45) is 1.44. The van der Waals surface area contributed by atoms with Crippen LogP contribution >= 0.6 is 11.6 Å². The molecule has 16 heavy (non-hydrogen) atoms. The van der Waals surface area contributed by atoms with E-state index in [1.165, 1.54) is 6.07 Å². The van der Waals surface area contributed by atoms with Crippen LogP contribution in [0.3, 0.4) is 0 Å². The summed E-state index contributed by atoms with van der Waals surface area (Å²) in [7, 11) is 0. The monoisotopic (exact) mass is 244 g/mol. The van der Waals surface area contributed by atoms with Gasteiger partial charge in [-0.25, -0.2) is 4.39 Å². The smallest absolute Gasteiger partial charge is 0.142 e. The molecular formula is C12H14ClFO2. The number of aliphatic hydroxyl groups excluding tert-OH is 1. The molecule has 1 unspecified atom stereocenters. The van der Waals surface area contributed by atoms with Crippen LogP contribution in [0.2, 0.25) is 5.02 Å². The summed E-state index contributed by atoms with van der Waals surface area (Å²) >= 11 is 5.62. The maximum absolute atomic E-state index is 13.3. The summed E-state index contributed by atoms with van der Waals surface area (Å²) in [6.45, 7) is 1.27. The quantitative estimate of drug-likeness (QED) is 0.885. The Bertz CT molecular complexity index is 375. The predicted octanol–water partition coefficient (Wildman–Crippen LogP) is 2.42. The van der Waals surface area contributed by atoms with E-state index in [2.05, 4.69) is 0 Å². The molecule has 88 valence electrons. The molecule has 0 radical (unpaired) electrons. The Morgan fingerprint density at radius 3 is 2.88 bits per heavy atom. The molecule has 0 aromatic heterocycles. The predicted molar refractivity (Wildman–Crippen MR) is 60.1 cm³/mol. The van der Waals surface area contributed by atoms with Gasteiger partial charge in [0.15, 0.2) is 0 Å². The molecule has 0 amide bonds. The number of halogens is 2. The van der Waals surface area contributed by atoms with Gasteiger partial charge in [-0.15, -0.1) is 0 Å². The molecule has 1 atom stereocenters. The zero-order valence-corrected chi connectivity index (χ0v) is 9.63. The lowest BCUT2D eigenvalue weighted by atomic mass is 9.82. The van der Waals surface area contributed by atoms with Crippen LogP contribution in [-0.4, -0.2) is 24.9 Å². The lowest BCUT2D eigenvalue weighted by Gasteiger charge is -2.24. The van der Waals surface area contributed by atoms with E-state index in [0.717, 1.165) is 12.0 Å². The van der Waals surface area contributed by atoms with Crippen molar-refractivity contribution in [1.29, 1.82) is 0 Å². The lowest BCUT2D eigenvalue weighted by molar-refractivity contribution is 0.0935. The number of rotatable bonds is 3. The van der Waals surface area contributed by atoms with Crippen molar-refractivity contribution in [3.8, 4) is 0 Å². The molecule has 1 fully saturated rings. The van der Waals surface area contributed by atoms with Gasteiger partial charge in [0.2, 0.25) is 0 Å². The zero-order chi connectivity index (χ0) is 11.6. The highest BCUT2D eigenvalue weighted by Gasteiger charge is 2.34. The van der Waals surface area contributed by atoms with Gasteiger partial charge in [0, 0.05) is 12.0 Å². The van der Waals surface area contributed by atoms with Crippen LogP contribution < -0.4 is 0 Å². The first-order valence-corrected chi connectivity index (χ1v) is 5.66. The Balaban J connectivity index is 2.16. The third-order valence-electron chi connectivity index (χ3n) is 3.08. The second-order valence-electron chi connectivity index (χ2n) is 4.39. The van der Waals surface area contributed by atoms with Crippen molar-refractivity contribution in [2.24, 2.45) is 5.41 Å². The van der Waals surface area contributed by atoms with Crippen LogP contribution in [0.5, 0.6) is 0 Å². The van der Waals surface area contributed by atoms with Gasteiger partial charge in [0.1, 0.15) is 5.82 Å². The highest BCUT2D eigenvalue weighted by molar-refractivity contribution is 6.30. The standard InChI is InChI=1S/C12H14ClFO2/c13-10-2-1-9(5-11(10)14)6-12(7-15)3-4-16-8-12/h1-2,5,15H,3-4,6-8H2. The molecule has 0 aliphatic carbocycles. The van der Waals surface area contributed by atoms with Crippen molar-refractivity contribution in [3.05, 3.63) is 34.6 Å². The van der Waals surface area contributed by atoms with Crippen LogP contribution in [0.25, 0.3) is 0 Å². The first-order chi connectivity index (χ1) is 7.65. The highest BCUT2D eigenvalue weighted by atomic mass is 35.5. The second kappa shape index (κ2) is 4.70. The van der Waals surface area contributed by atoms with Gasteiger partial charge in [-0.05, 0) is 30.5 Å². The van der Waals surface area contributed by atoms with E-state index in [9.17, 15) is 9.50 Å². The first kappa shape index (κ1) is 11.8. The average Bonchev–Trinajstić information content (AvgIpc) is 2.73. The fraction of sp³-hybridized carbons (Fsp3) is 0.500. The van der Waals surface area contributed by atoms with Gasteiger partial charge in [-0.1, -0.05) is 17.7 Å². The molecular weight excluding hydrogens is 231 g/mol. The second-order valence-corrected chi connectivity index (χ2v) is 4.79. The van der Waals surface area contributed by atoms with E-state index in [1.54, 1.807) is 12.1 Å². The molecule has 2 nitrogen and oxygen atoms in total. The molecule has 1 heterocycles. The molecule has 1 aromatic carbocycles. The summed E-state index contributed by atoms with van der Waals surface area (Å²) < 4.78 is 18.6. The Kier molecular flexibility index (Phi) is 3.47. The Morgan fingerprint density at radius 2 is 2.31 bits per heavy atom. The summed E-state index contributed by atoms with van der Waals surface area (Å²) in [6, 6.07) is 4.77. The fourth-order valence-electron chi connectivity index (χ4n) is 2.05. The van der Waals surface area contributed by atoms with Crippen molar-refractivity contribution < 1.29 is 14.2 Å². The molecule has 0 bridgehead atoms. The molecule has 1 aliphatic heterocycles. The fourth-order valence-corrected chi connectivity index (χ4v) is 2.17. The van der Waals surface area contributed by atoms with Crippen LogP contribution in [0.15, 0.2) is 18.2 Å². The van der Waals surface area contributed by atoms with Gasteiger partial charge in [-0.2, -0.15) is 0 Å². The largest absolute Gasteiger partial charge is 0.396 e. The number of hydrogen-bond donors (Lipinski definition) is 1. The number of aliphatic hydroxyl groups is 1. The third-order valence-corrected chi connectivity index (χ3v) is 3.39.